The zero-order valence-electron chi connectivity index (χ0n) is 19.0. The third-order valence-corrected chi connectivity index (χ3v) is 7.51. The lowest BCUT2D eigenvalue weighted by molar-refractivity contribution is 0.0943. The predicted molar refractivity (Wildman–Crippen MR) is 135 cm³/mol. The highest BCUT2D eigenvalue weighted by molar-refractivity contribution is 7.92. The first-order valence-corrected chi connectivity index (χ1v) is 12.4. The highest BCUT2D eigenvalue weighted by Crippen LogP contribution is 2.25. The van der Waals surface area contributed by atoms with Gasteiger partial charge in [-0.3, -0.25) is 9.10 Å². The van der Waals surface area contributed by atoms with Crippen molar-refractivity contribution in [1.29, 1.82) is 0 Å². The van der Waals surface area contributed by atoms with Crippen molar-refractivity contribution >= 4 is 21.6 Å². The molecule has 5 nitrogen and oxygen atoms in total. The summed E-state index contributed by atoms with van der Waals surface area (Å²) in [5.41, 5.74) is 4.02. The van der Waals surface area contributed by atoms with Crippen LogP contribution in [0.15, 0.2) is 114 Å². The molecule has 1 N–H and O–H groups in total. The quantitative estimate of drug-likeness (QED) is 0.397. The molecule has 172 valence electrons. The van der Waals surface area contributed by atoms with Crippen molar-refractivity contribution in [3.8, 4) is 0 Å². The lowest BCUT2D eigenvalue weighted by Gasteiger charge is -2.21. The molecule has 0 aliphatic carbocycles. The molecule has 0 radical (unpaired) electrons. The first-order valence-electron chi connectivity index (χ1n) is 10.9. The number of amides is 1. The second-order valence-corrected chi connectivity index (χ2v) is 10.0. The summed E-state index contributed by atoms with van der Waals surface area (Å²) in [5, 5.41) is 3.12. The van der Waals surface area contributed by atoms with Crippen LogP contribution in [0, 0.1) is 6.92 Å². The van der Waals surface area contributed by atoms with Crippen LogP contribution in [0.1, 0.15) is 33.1 Å². The van der Waals surface area contributed by atoms with Crippen LogP contribution in [0.25, 0.3) is 0 Å². The molecular weight excluding hydrogens is 444 g/mol. The fourth-order valence-corrected chi connectivity index (χ4v) is 4.91. The zero-order valence-corrected chi connectivity index (χ0v) is 19.9. The normalized spacial score (nSPS) is 12.1. The van der Waals surface area contributed by atoms with E-state index in [4.69, 9.17) is 0 Å². The van der Waals surface area contributed by atoms with Gasteiger partial charge in [-0.1, -0.05) is 78.4 Å². The Morgan fingerprint density at radius 3 is 1.85 bits per heavy atom. The van der Waals surface area contributed by atoms with E-state index in [1.54, 1.807) is 54.6 Å². The lowest BCUT2D eigenvalue weighted by atomic mass is 9.97. The van der Waals surface area contributed by atoms with Gasteiger partial charge < -0.3 is 5.32 Å². The van der Waals surface area contributed by atoms with E-state index in [-0.39, 0.29) is 16.8 Å². The molecule has 0 saturated carbocycles. The van der Waals surface area contributed by atoms with Crippen molar-refractivity contribution in [2.45, 2.75) is 17.9 Å². The third-order valence-electron chi connectivity index (χ3n) is 5.71. The van der Waals surface area contributed by atoms with Crippen molar-refractivity contribution in [3.05, 3.63) is 131 Å². The van der Waals surface area contributed by atoms with Gasteiger partial charge in [0.1, 0.15) is 0 Å². The van der Waals surface area contributed by atoms with E-state index in [1.807, 2.05) is 61.5 Å². The summed E-state index contributed by atoms with van der Waals surface area (Å²) in [7, 11) is -2.19. The average molecular weight is 471 g/mol. The summed E-state index contributed by atoms with van der Waals surface area (Å²) in [5.74, 6) is -0.241. The molecule has 0 unspecified atom stereocenters. The molecule has 0 aliphatic heterocycles. The number of carbonyl (C=O) groups is 1. The Morgan fingerprint density at radius 1 is 0.735 bits per heavy atom. The van der Waals surface area contributed by atoms with E-state index >= 15 is 0 Å². The van der Waals surface area contributed by atoms with Gasteiger partial charge in [-0.05, 0) is 54.4 Å². The van der Waals surface area contributed by atoms with Gasteiger partial charge in [0.05, 0.1) is 16.6 Å². The number of sulfonamides is 1. The van der Waals surface area contributed by atoms with Gasteiger partial charge in [0.25, 0.3) is 15.9 Å². The Kier molecular flexibility index (Phi) is 6.80. The van der Waals surface area contributed by atoms with Crippen LogP contribution in [0.2, 0.25) is 0 Å². The maximum atomic E-state index is 13.1. The molecule has 0 heterocycles. The minimum atomic E-state index is -3.69. The number of hydrogen-bond acceptors (Lipinski definition) is 3. The van der Waals surface area contributed by atoms with E-state index in [9.17, 15) is 13.2 Å². The molecule has 0 fully saturated rings. The molecule has 0 bridgehead atoms. The molecule has 0 aliphatic rings. The molecule has 4 aromatic carbocycles. The number of benzene rings is 4. The predicted octanol–water partition coefficient (Wildman–Crippen LogP) is 5.34. The van der Waals surface area contributed by atoms with E-state index in [0.29, 0.717) is 11.3 Å². The van der Waals surface area contributed by atoms with Crippen LogP contribution in [-0.2, 0) is 10.0 Å². The first kappa shape index (κ1) is 23.3. The van der Waals surface area contributed by atoms with Gasteiger partial charge >= 0.3 is 0 Å². The Bertz CT molecular complexity index is 1350. The Morgan fingerprint density at radius 2 is 1.26 bits per heavy atom. The van der Waals surface area contributed by atoms with Crippen molar-refractivity contribution in [3.63, 3.8) is 0 Å². The van der Waals surface area contributed by atoms with Crippen LogP contribution >= 0.6 is 0 Å². The highest BCUT2D eigenvalue weighted by Gasteiger charge is 2.22. The van der Waals surface area contributed by atoms with Crippen molar-refractivity contribution in [2.75, 3.05) is 11.4 Å². The van der Waals surface area contributed by atoms with E-state index in [1.165, 1.54) is 11.4 Å². The van der Waals surface area contributed by atoms with Crippen molar-refractivity contribution in [1.82, 2.24) is 5.32 Å². The second kappa shape index (κ2) is 9.93. The largest absolute Gasteiger partial charge is 0.341 e. The molecule has 0 saturated heterocycles. The van der Waals surface area contributed by atoms with E-state index in [2.05, 4.69) is 5.32 Å². The number of carbonyl (C=O) groups excluding carboxylic acids is 1. The minimum Gasteiger partial charge on any atom is -0.341 e. The highest BCUT2D eigenvalue weighted by atomic mass is 32.2. The molecule has 1 atom stereocenters. The summed E-state index contributed by atoms with van der Waals surface area (Å²) in [4.78, 5) is 13.3. The van der Waals surface area contributed by atoms with Crippen LogP contribution in [0.5, 0.6) is 0 Å². The summed E-state index contributed by atoms with van der Waals surface area (Å²) >= 11 is 0. The number of anilines is 1. The van der Waals surface area contributed by atoms with Crippen molar-refractivity contribution < 1.29 is 13.2 Å². The van der Waals surface area contributed by atoms with Crippen molar-refractivity contribution in [2.24, 2.45) is 0 Å². The van der Waals surface area contributed by atoms with Crippen LogP contribution < -0.4 is 9.62 Å². The molecule has 1 amide bonds. The zero-order chi connectivity index (χ0) is 24.1. The summed E-state index contributed by atoms with van der Waals surface area (Å²) < 4.78 is 27.0. The molecule has 0 spiro atoms. The lowest BCUT2D eigenvalue weighted by Crippen LogP contribution is -2.29. The average Bonchev–Trinajstić information content (AvgIpc) is 2.88. The molecule has 0 aromatic heterocycles. The van der Waals surface area contributed by atoms with Gasteiger partial charge in [-0.25, -0.2) is 8.42 Å². The smallest absolute Gasteiger partial charge is 0.264 e. The number of nitrogens with one attached hydrogen (secondary N) is 1. The maximum absolute atomic E-state index is 13.1. The third kappa shape index (κ3) is 5.02. The first-order chi connectivity index (χ1) is 16.4. The molecule has 4 aromatic rings. The molecular formula is C28H26N2O3S. The number of aryl methyl sites for hydroxylation is 1. The van der Waals surface area contributed by atoms with Gasteiger partial charge in [0.2, 0.25) is 0 Å². The number of rotatable bonds is 7. The van der Waals surface area contributed by atoms with Crippen LogP contribution in [0.4, 0.5) is 5.69 Å². The summed E-state index contributed by atoms with van der Waals surface area (Å²) in [6.07, 6.45) is 0. The second-order valence-electron chi connectivity index (χ2n) is 8.06. The van der Waals surface area contributed by atoms with Gasteiger partial charge in [0.15, 0.2) is 0 Å². The summed E-state index contributed by atoms with van der Waals surface area (Å²) in [6.45, 7) is 2.02. The molecule has 34 heavy (non-hydrogen) atoms. The SMILES string of the molecule is Cc1ccc([C@@H](NC(=O)c2ccc(N(C)S(=O)(=O)c3ccccc3)cc2)c2ccccc2)cc1. The van der Waals surface area contributed by atoms with Gasteiger partial charge in [0, 0.05) is 12.6 Å². The topological polar surface area (TPSA) is 66.5 Å². The number of hydrogen-bond donors (Lipinski definition) is 1. The van der Waals surface area contributed by atoms with Crippen LogP contribution in [0.3, 0.4) is 0 Å². The Hall–Kier alpha value is -3.90. The maximum Gasteiger partial charge on any atom is 0.264 e. The molecule has 4 rings (SSSR count). The van der Waals surface area contributed by atoms with E-state index in [0.717, 1.165) is 16.7 Å². The Balaban J connectivity index is 1.56. The minimum absolute atomic E-state index is 0.211. The standard InChI is InChI=1S/C28H26N2O3S/c1-21-13-15-23(16-14-21)27(22-9-5-3-6-10-22)29-28(31)24-17-19-25(20-18-24)30(2)34(32,33)26-11-7-4-8-12-26/h3-20,27H,1-2H3,(H,29,31)/t27-/m0/s1. The van der Waals surface area contributed by atoms with Gasteiger partial charge in [-0.2, -0.15) is 0 Å². The van der Waals surface area contributed by atoms with Gasteiger partial charge in [-0.15, -0.1) is 0 Å². The Labute approximate surface area is 200 Å². The monoisotopic (exact) mass is 470 g/mol. The van der Waals surface area contributed by atoms with E-state index < -0.39 is 10.0 Å². The summed E-state index contributed by atoms with van der Waals surface area (Å²) in [6, 6.07) is 32.4. The van der Waals surface area contributed by atoms with Crippen LogP contribution in [-0.4, -0.2) is 21.4 Å². The fourth-order valence-electron chi connectivity index (χ4n) is 3.69. The number of nitrogens with zero attached hydrogens (tertiary/aromatic N) is 1. The fraction of sp³-hybridized carbons (Fsp3) is 0.107. The molecule has 6 heteroatoms.